The van der Waals surface area contributed by atoms with E-state index in [2.05, 4.69) is 35.9 Å². The van der Waals surface area contributed by atoms with Crippen LogP contribution in [-0.4, -0.2) is 117 Å². The molecular formula is C48H51F2N9O8. The van der Waals surface area contributed by atoms with Gasteiger partial charge in [0.2, 0.25) is 17.7 Å². The lowest BCUT2D eigenvalue weighted by Gasteiger charge is -2.32. The van der Waals surface area contributed by atoms with E-state index in [9.17, 15) is 32.8 Å². The Hall–Kier alpha value is -6.70. The Kier molecular flexibility index (Phi) is 13.9. The van der Waals surface area contributed by atoms with Crippen molar-refractivity contribution >= 4 is 41.0 Å². The fourth-order valence-electron chi connectivity index (χ4n) is 8.67. The largest absolute Gasteiger partial charge is 0.444 e. The van der Waals surface area contributed by atoms with Gasteiger partial charge in [-0.15, -0.1) is 0 Å². The van der Waals surface area contributed by atoms with Gasteiger partial charge in [0.05, 0.1) is 48.0 Å². The normalized spacial score (nSPS) is 18.7. The highest BCUT2D eigenvalue weighted by atomic mass is 19.3. The quantitative estimate of drug-likeness (QED) is 0.0606. The second kappa shape index (κ2) is 20.4. The number of pyridine rings is 1. The Bertz CT molecular complexity index is 2630. The third kappa shape index (κ3) is 10.8. The molecule has 0 radical (unpaired) electrons. The second-order valence-electron chi connectivity index (χ2n) is 17.3. The minimum absolute atomic E-state index is 0.0679. The number of rotatable bonds is 20. The molecule has 3 aromatic heterocycles. The summed E-state index contributed by atoms with van der Waals surface area (Å²) in [4.78, 5) is 75.7. The summed E-state index contributed by atoms with van der Waals surface area (Å²) in [5.41, 5.74) is 2.80. The van der Waals surface area contributed by atoms with Gasteiger partial charge < -0.3 is 24.5 Å². The molecule has 0 bridgehead atoms. The molecule has 6 heterocycles. The number of ether oxygens (including phenoxy) is 2. The third-order valence-electron chi connectivity index (χ3n) is 12.5. The average molecular weight is 920 g/mol. The van der Waals surface area contributed by atoms with Crippen molar-refractivity contribution < 1.29 is 46.6 Å². The predicted molar refractivity (Wildman–Crippen MR) is 239 cm³/mol. The number of nitrogens with one attached hydrogen (secondary N) is 3. The minimum Gasteiger partial charge on any atom is -0.444 e. The molecule has 1 saturated carbocycles. The zero-order valence-corrected chi connectivity index (χ0v) is 36.8. The van der Waals surface area contributed by atoms with Gasteiger partial charge in [-0.25, -0.2) is 23.4 Å². The summed E-state index contributed by atoms with van der Waals surface area (Å²) in [7, 11) is 0. The van der Waals surface area contributed by atoms with Gasteiger partial charge in [0.1, 0.15) is 18.1 Å². The molecule has 1 aliphatic carbocycles. The molecule has 3 aliphatic heterocycles. The molecule has 9 rings (SSSR count). The van der Waals surface area contributed by atoms with E-state index >= 15 is 0 Å². The highest BCUT2D eigenvalue weighted by Gasteiger charge is 2.45. The van der Waals surface area contributed by atoms with Gasteiger partial charge in [0.25, 0.3) is 24.1 Å². The number of benzene rings is 2. The number of imide groups is 2. The van der Waals surface area contributed by atoms with Gasteiger partial charge >= 0.3 is 0 Å². The van der Waals surface area contributed by atoms with Gasteiger partial charge in [-0.2, -0.15) is 5.10 Å². The standard InChI is InChI=1S/C48H51F2N9O8/c49-43(50)42-36(53-44(61)37-28-67-46(54-37)32-17-18-51-39(24-32)52-25-30-9-10-30)27-58(56-42)33-13-11-29(12-14-33)4-1-7-34-26-57(20-23-66-34)19-22-65-21-3-6-31-5-2-8-35-41(31)48(64)59(47(35)63)38-15-16-40(60)55-45(38)62/h2,5,8,11-14,17-18,24,27-28,30,34,38,43H,1,3-4,6-7,9-10,15-16,19-23,25-26H2,(H,51,52)(H,53,61)(H,55,60,62)/t34-,38?/m1/s1. The van der Waals surface area contributed by atoms with Crippen LogP contribution in [-0.2, 0) is 31.9 Å². The molecule has 2 atom stereocenters. The van der Waals surface area contributed by atoms with Crippen molar-refractivity contribution in [1.29, 1.82) is 0 Å². The van der Waals surface area contributed by atoms with E-state index in [-0.39, 0.29) is 41.8 Å². The van der Waals surface area contributed by atoms with Gasteiger partial charge in [0.15, 0.2) is 11.4 Å². The second-order valence-corrected chi connectivity index (χ2v) is 17.3. The summed E-state index contributed by atoms with van der Waals surface area (Å²) >= 11 is 0. The lowest BCUT2D eigenvalue weighted by molar-refractivity contribution is -0.136. The van der Waals surface area contributed by atoms with E-state index in [0.29, 0.717) is 61.2 Å². The SMILES string of the molecule is O=C1CCC(N2C(=O)c3cccc(CCCOCCN4CCO[C@H](CCCc5ccc(-n6cc(NC(=O)c7coc(-c8ccnc(NCC9CC9)c8)n7)c(C(F)F)n6)cc5)C4)c3C2=O)C(=O)N1. The van der Waals surface area contributed by atoms with Crippen LogP contribution < -0.4 is 16.0 Å². The molecule has 3 N–H and O–H groups in total. The molecule has 67 heavy (non-hydrogen) atoms. The summed E-state index contributed by atoms with van der Waals surface area (Å²) in [6.45, 7) is 4.79. The first-order chi connectivity index (χ1) is 32.6. The molecule has 4 aliphatic rings. The van der Waals surface area contributed by atoms with Crippen molar-refractivity contribution in [3.05, 3.63) is 107 Å². The van der Waals surface area contributed by atoms with Crippen molar-refractivity contribution in [1.82, 2.24) is 34.9 Å². The van der Waals surface area contributed by atoms with Crippen molar-refractivity contribution in [3.8, 4) is 17.1 Å². The van der Waals surface area contributed by atoms with Crippen LogP contribution in [0.2, 0.25) is 0 Å². The topological polar surface area (TPSA) is 203 Å². The summed E-state index contributed by atoms with van der Waals surface area (Å²) in [5.74, 6) is -1.25. The maximum absolute atomic E-state index is 14.1. The van der Waals surface area contributed by atoms with Crippen LogP contribution in [0.1, 0.15) is 99.4 Å². The van der Waals surface area contributed by atoms with Gasteiger partial charge in [-0.05, 0) is 98.7 Å². The van der Waals surface area contributed by atoms with Crippen LogP contribution in [0.25, 0.3) is 17.1 Å². The van der Waals surface area contributed by atoms with Crippen LogP contribution >= 0.6 is 0 Å². The number of amides is 5. The first-order valence-electron chi connectivity index (χ1n) is 22.8. The Morgan fingerprint density at radius 1 is 0.985 bits per heavy atom. The number of hydrogen-bond acceptors (Lipinski definition) is 13. The number of aryl methyl sites for hydroxylation is 2. The van der Waals surface area contributed by atoms with E-state index in [1.807, 2.05) is 18.2 Å². The monoisotopic (exact) mass is 919 g/mol. The van der Waals surface area contributed by atoms with E-state index in [4.69, 9.17) is 13.9 Å². The minimum atomic E-state index is -2.94. The van der Waals surface area contributed by atoms with E-state index in [0.717, 1.165) is 61.5 Å². The number of oxazole rings is 1. The average Bonchev–Trinajstić information content (AvgIpc) is 3.73. The fourth-order valence-corrected chi connectivity index (χ4v) is 8.67. The van der Waals surface area contributed by atoms with Crippen LogP contribution in [0.15, 0.2) is 77.7 Å². The number of carbonyl (C=O) groups excluding carboxylic acids is 5. The zero-order valence-electron chi connectivity index (χ0n) is 36.8. The molecule has 5 aromatic rings. The van der Waals surface area contributed by atoms with E-state index in [1.165, 1.54) is 30.0 Å². The number of hydrogen-bond donors (Lipinski definition) is 3. The van der Waals surface area contributed by atoms with Crippen molar-refractivity contribution in [3.63, 3.8) is 0 Å². The van der Waals surface area contributed by atoms with Crippen LogP contribution in [0.5, 0.6) is 0 Å². The number of nitrogens with zero attached hydrogens (tertiary/aromatic N) is 6. The first-order valence-corrected chi connectivity index (χ1v) is 22.8. The molecule has 1 unspecified atom stereocenters. The predicted octanol–water partition coefficient (Wildman–Crippen LogP) is 6.01. The van der Waals surface area contributed by atoms with Gasteiger partial charge in [-0.3, -0.25) is 39.1 Å². The number of morpholine rings is 1. The van der Waals surface area contributed by atoms with Crippen molar-refractivity contribution in [2.24, 2.45) is 5.92 Å². The number of aromatic nitrogens is 4. The molecule has 3 fully saturated rings. The van der Waals surface area contributed by atoms with Crippen LogP contribution in [0.3, 0.4) is 0 Å². The molecule has 19 heteroatoms. The highest BCUT2D eigenvalue weighted by Crippen LogP contribution is 2.32. The lowest BCUT2D eigenvalue weighted by Crippen LogP contribution is -2.54. The molecule has 0 spiro atoms. The van der Waals surface area contributed by atoms with Gasteiger partial charge in [0, 0.05) is 51.0 Å². The lowest BCUT2D eigenvalue weighted by atomic mass is 9.99. The molecular weight excluding hydrogens is 869 g/mol. The number of fused-ring (bicyclic) bond motifs is 1. The first kappa shape index (κ1) is 45.5. The maximum Gasteiger partial charge on any atom is 0.284 e. The fraction of sp³-hybridized carbons (Fsp3) is 0.417. The van der Waals surface area contributed by atoms with Crippen molar-refractivity contribution in [2.45, 2.75) is 76.4 Å². The summed E-state index contributed by atoms with van der Waals surface area (Å²) in [6.07, 6.45) is 7.58. The Morgan fingerprint density at radius 3 is 2.64 bits per heavy atom. The number of alkyl halides is 2. The number of anilines is 2. The molecule has 350 valence electrons. The van der Waals surface area contributed by atoms with E-state index in [1.54, 1.807) is 42.6 Å². The molecule has 2 saturated heterocycles. The van der Waals surface area contributed by atoms with Crippen molar-refractivity contribution in [2.75, 3.05) is 56.6 Å². The number of carbonyl (C=O) groups is 5. The number of halogens is 2. The Balaban J connectivity index is 0.695. The smallest absolute Gasteiger partial charge is 0.284 e. The molecule has 2 aromatic carbocycles. The summed E-state index contributed by atoms with van der Waals surface area (Å²) in [5, 5.41) is 12.1. The molecule has 5 amide bonds. The summed E-state index contributed by atoms with van der Waals surface area (Å²) < 4.78 is 47.2. The zero-order chi connectivity index (χ0) is 46.4. The summed E-state index contributed by atoms with van der Waals surface area (Å²) in [6, 6.07) is 15.1. The Morgan fingerprint density at radius 2 is 1.84 bits per heavy atom. The maximum atomic E-state index is 14.1. The highest BCUT2D eigenvalue weighted by molar-refractivity contribution is 6.24. The third-order valence-corrected chi connectivity index (χ3v) is 12.5. The Labute approximate surface area is 384 Å². The molecule has 17 nitrogen and oxygen atoms in total. The van der Waals surface area contributed by atoms with Crippen LogP contribution in [0.4, 0.5) is 20.3 Å². The van der Waals surface area contributed by atoms with E-state index < -0.39 is 47.7 Å². The number of piperidine rings is 1. The van der Waals surface area contributed by atoms with Crippen LogP contribution in [0, 0.1) is 5.92 Å². The van der Waals surface area contributed by atoms with Gasteiger partial charge in [-0.1, -0.05) is 24.3 Å².